The molecule has 1 aliphatic rings. The quantitative estimate of drug-likeness (QED) is 0.638. The van der Waals surface area contributed by atoms with Gasteiger partial charge in [-0.15, -0.1) is 0 Å². The van der Waals surface area contributed by atoms with E-state index in [2.05, 4.69) is 17.6 Å². The van der Waals surface area contributed by atoms with Crippen LogP contribution in [0.4, 0.5) is 0 Å². The van der Waals surface area contributed by atoms with Crippen LogP contribution in [-0.2, 0) is 4.74 Å². The molecule has 0 spiro atoms. The molecule has 1 heterocycles. The van der Waals surface area contributed by atoms with Crippen molar-refractivity contribution in [1.29, 1.82) is 0 Å². The first-order valence-corrected chi connectivity index (χ1v) is 5.32. The first-order chi connectivity index (χ1) is 6.76. The lowest BCUT2D eigenvalue weighted by atomic mass is 10.1. The van der Waals surface area contributed by atoms with Crippen LogP contribution in [0.3, 0.4) is 0 Å². The number of hydrogen-bond acceptors (Lipinski definition) is 2. The Hall–Kier alpha value is -0.600. The summed E-state index contributed by atoms with van der Waals surface area (Å²) in [5.41, 5.74) is 1.20. The smallest absolute Gasteiger partial charge is 0.0595 e. The van der Waals surface area contributed by atoms with Gasteiger partial charge in [-0.1, -0.05) is 18.7 Å². The Morgan fingerprint density at radius 3 is 2.64 bits per heavy atom. The van der Waals surface area contributed by atoms with Gasteiger partial charge in [0.15, 0.2) is 0 Å². The van der Waals surface area contributed by atoms with E-state index >= 15 is 0 Å². The average Bonchev–Trinajstić information content (AvgIpc) is 2.19. The molecule has 0 bridgehead atoms. The molecule has 1 saturated heterocycles. The Bertz CT molecular complexity index is 202. The Balaban J connectivity index is 2.25. The van der Waals surface area contributed by atoms with Crippen LogP contribution in [0.15, 0.2) is 24.3 Å². The lowest BCUT2D eigenvalue weighted by Gasteiger charge is -2.31. The molecule has 2 heteroatoms. The molecule has 80 valence electrons. The summed E-state index contributed by atoms with van der Waals surface area (Å²) < 4.78 is 5.33. The summed E-state index contributed by atoms with van der Waals surface area (Å²) in [5.74, 6) is 0. The van der Waals surface area contributed by atoms with Gasteiger partial charge in [-0.3, -0.25) is 4.90 Å². The maximum absolute atomic E-state index is 5.33. The molecule has 0 atom stereocenters. The van der Waals surface area contributed by atoms with Gasteiger partial charge in [-0.2, -0.15) is 0 Å². The molecule has 0 aromatic heterocycles. The second-order valence-electron chi connectivity index (χ2n) is 3.87. The average molecular weight is 195 g/mol. The van der Waals surface area contributed by atoms with Crippen molar-refractivity contribution in [1.82, 2.24) is 4.90 Å². The van der Waals surface area contributed by atoms with Crippen molar-refractivity contribution in [2.75, 3.05) is 26.7 Å². The van der Waals surface area contributed by atoms with Crippen LogP contribution < -0.4 is 0 Å². The van der Waals surface area contributed by atoms with E-state index in [-0.39, 0.29) is 0 Å². The number of nitrogens with zero attached hydrogens (tertiary/aromatic N) is 1. The second-order valence-corrected chi connectivity index (χ2v) is 3.87. The first kappa shape index (κ1) is 11.5. The van der Waals surface area contributed by atoms with Crippen LogP contribution in [0.25, 0.3) is 0 Å². The van der Waals surface area contributed by atoms with Crippen molar-refractivity contribution in [3.05, 3.63) is 24.3 Å². The molecular weight excluding hydrogens is 174 g/mol. The molecule has 0 saturated carbocycles. The van der Waals surface area contributed by atoms with Gasteiger partial charge in [-0.25, -0.2) is 0 Å². The Kier molecular flexibility index (Phi) is 4.91. The maximum atomic E-state index is 5.33. The van der Waals surface area contributed by atoms with E-state index in [0.29, 0.717) is 6.10 Å². The van der Waals surface area contributed by atoms with Crippen LogP contribution >= 0.6 is 0 Å². The number of likely N-dealkylation sites (tertiary alicyclic amines) is 1. The van der Waals surface area contributed by atoms with Crippen molar-refractivity contribution in [2.24, 2.45) is 0 Å². The minimum absolute atomic E-state index is 0.473. The zero-order valence-corrected chi connectivity index (χ0v) is 9.33. The monoisotopic (exact) mass is 195 g/mol. The van der Waals surface area contributed by atoms with Crippen molar-refractivity contribution in [2.45, 2.75) is 25.9 Å². The largest absolute Gasteiger partial charge is 0.381 e. The topological polar surface area (TPSA) is 12.5 Å². The molecule has 1 aliphatic heterocycles. The van der Waals surface area contributed by atoms with Gasteiger partial charge in [0.1, 0.15) is 0 Å². The third-order valence-electron chi connectivity index (χ3n) is 2.70. The van der Waals surface area contributed by atoms with Crippen LogP contribution in [0, 0.1) is 0 Å². The van der Waals surface area contributed by atoms with Gasteiger partial charge in [0.2, 0.25) is 0 Å². The number of methoxy groups -OCH3 is 1. The lowest BCUT2D eigenvalue weighted by molar-refractivity contribution is 0.0440. The zero-order chi connectivity index (χ0) is 10.4. The van der Waals surface area contributed by atoms with Gasteiger partial charge < -0.3 is 4.74 Å². The first-order valence-electron chi connectivity index (χ1n) is 5.32. The van der Waals surface area contributed by atoms with E-state index in [1.807, 2.05) is 13.0 Å². The van der Waals surface area contributed by atoms with Crippen molar-refractivity contribution < 1.29 is 4.74 Å². The van der Waals surface area contributed by atoms with E-state index in [0.717, 1.165) is 32.5 Å². The van der Waals surface area contributed by atoms with E-state index < -0.39 is 0 Å². The SMILES string of the molecule is C=C(/C=C\C)CN1CCC(OC)CC1. The normalized spacial score (nSPS) is 20.4. The number of piperidine rings is 1. The van der Waals surface area contributed by atoms with Gasteiger partial charge in [-0.05, 0) is 25.3 Å². The van der Waals surface area contributed by atoms with E-state index in [1.54, 1.807) is 7.11 Å². The summed E-state index contributed by atoms with van der Waals surface area (Å²) in [6, 6.07) is 0. The third-order valence-corrected chi connectivity index (χ3v) is 2.70. The van der Waals surface area contributed by atoms with Gasteiger partial charge in [0, 0.05) is 26.7 Å². The third kappa shape index (κ3) is 3.64. The van der Waals surface area contributed by atoms with Crippen LogP contribution in [-0.4, -0.2) is 37.7 Å². The molecule has 2 nitrogen and oxygen atoms in total. The molecule has 0 unspecified atom stereocenters. The molecule has 1 fully saturated rings. The van der Waals surface area contributed by atoms with Crippen LogP contribution in [0.2, 0.25) is 0 Å². The molecular formula is C12H21NO. The van der Waals surface area contributed by atoms with Gasteiger partial charge >= 0.3 is 0 Å². The highest BCUT2D eigenvalue weighted by Gasteiger charge is 2.18. The summed E-state index contributed by atoms with van der Waals surface area (Å²) in [5, 5.41) is 0. The highest BCUT2D eigenvalue weighted by Crippen LogP contribution is 2.13. The number of rotatable bonds is 4. The van der Waals surface area contributed by atoms with Gasteiger partial charge in [0.25, 0.3) is 0 Å². The van der Waals surface area contributed by atoms with E-state index in [9.17, 15) is 0 Å². The standard InChI is InChI=1S/C12H21NO/c1-4-5-11(2)10-13-8-6-12(14-3)7-9-13/h4-5,12H,2,6-10H2,1,3H3/b5-4-. The Morgan fingerprint density at radius 2 is 2.14 bits per heavy atom. The second kappa shape index (κ2) is 5.99. The minimum Gasteiger partial charge on any atom is -0.381 e. The molecule has 0 N–H and O–H groups in total. The van der Waals surface area contributed by atoms with E-state index in [4.69, 9.17) is 4.74 Å². The number of hydrogen-bond donors (Lipinski definition) is 0. The Labute approximate surface area is 87.2 Å². The lowest BCUT2D eigenvalue weighted by Crippen LogP contribution is -2.37. The molecule has 14 heavy (non-hydrogen) atoms. The number of ether oxygens (including phenoxy) is 1. The Morgan fingerprint density at radius 1 is 1.50 bits per heavy atom. The minimum atomic E-state index is 0.473. The van der Waals surface area contributed by atoms with E-state index in [1.165, 1.54) is 5.57 Å². The molecule has 0 aromatic rings. The number of allylic oxidation sites excluding steroid dienone is 1. The molecule has 0 radical (unpaired) electrons. The predicted molar refractivity (Wildman–Crippen MR) is 60.4 cm³/mol. The van der Waals surface area contributed by atoms with Crippen molar-refractivity contribution >= 4 is 0 Å². The van der Waals surface area contributed by atoms with Crippen LogP contribution in [0.1, 0.15) is 19.8 Å². The highest BCUT2D eigenvalue weighted by atomic mass is 16.5. The molecule has 0 aromatic carbocycles. The zero-order valence-electron chi connectivity index (χ0n) is 9.33. The molecule has 0 amide bonds. The summed E-state index contributed by atoms with van der Waals surface area (Å²) >= 11 is 0. The summed E-state index contributed by atoms with van der Waals surface area (Å²) in [4.78, 5) is 2.44. The van der Waals surface area contributed by atoms with Crippen molar-refractivity contribution in [3.63, 3.8) is 0 Å². The fourth-order valence-electron chi connectivity index (χ4n) is 1.88. The fraction of sp³-hybridized carbons (Fsp3) is 0.667. The summed E-state index contributed by atoms with van der Waals surface area (Å²) in [6.07, 6.45) is 6.91. The fourth-order valence-corrected chi connectivity index (χ4v) is 1.88. The molecule has 1 rings (SSSR count). The van der Waals surface area contributed by atoms with Crippen LogP contribution in [0.5, 0.6) is 0 Å². The maximum Gasteiger partial charge on any atom is 0.0595 e. The summed E-state index contributed by atoms with van der Waals surface area (Å²) in [6.45, 7) is 9.32. The predicted octanol–water partition coefficient (Wildman–Crippen LogP) is 2.23. The molecule has 0 aliphatic carbocycles. The highest BCUT2D eigenvalue weighted by molar-refractivity contribution is 5.15. The van der Waals surface area contributed by atoms with Crippen molar-refractivity contribution in [3.8, 4) is 0 Å². The summed E-state index contributed by atoms with van der Waals surface area (Å²) in [7, 11) is 1.80. The van der Waals surface area contributed by atoms with Gasteiger partial charge in [0.05, 0.1) is 6.10 Å².